The number of amides is 1. The molecule has 5 nitrogen and oxygen atoms in total. The number of benzene rings is 2. The summed E-state index contributed by atoms with van der Waals surface area (Å²) in [6.45, 7) is 1.52. The van der Waals surface area contributed by atoms with Gasteiger partial charge in [0.1, 0.15) is 0 Å². The number of ether oxygens (including phenoxy) is 2. The first-order chi connectivity index (χ1) is 15.6. The van der Waals surface area contributed by atoms with Crippen LogP contribution < -0.4 is 14.8 Å². The molecule has 1 aliphatic carbocycles. The maximum Gasteiger partial charge on any atom is 0.221 e. The van der Waals surface area contributed by atoms with E-state index in [1.165, 1.54) is 30.9 Å². The van der Waals surface area contributed by atoms with E-state index in [2.05, 4.69) is 34.6 Å². The zero-order valence-corrected chi connectivity index (χ0v) is 18.8. The van der Waals surface area contributed by atoms with Gasteiger partial charge in [0.25, 0.3) is 0 Å². The van der Waals surface area contributed by atoms with E-state index in [0.717, 1.165) is 54.1 Å². The van der Waals surface area contributed by atoms with Crippen molar-refractivity contribution in [2.24, 2.45) is 0 Å². The quantitative estimate of drug-likeness (QED) is 0.489. The fourth-order valence-corrected chi connectivity index (χ4v) is 4.15. The van der Waals surface area contributed by atoms with Crippen LogP contribution >= 0.6 is 0 Å². The van der Waals surface area contributed by atoms with Crippen LogP contribution in [0, 0.1) is 0 Å². The molecule has 1 fully saturated rings. The van der Waals surface area contributed by atoms with Crippen LogP contribution in [0.4, 0.5) is 5.69 Å². The molecule has 0 bridgehead atoms. The summed E-state index contributed by atoms with van der Waals surface area (Å²) >= 11 is 0. The van der Waals surface area contributed by atoms with E-state index in [4.69, 9.17) is 9.47 Å². The highest BCUT2D eigenvalue weighted by atomic mass is 16.5. The fraction of sp³-hybridized carbons (Fsp3) is 0.333. The zero-order valence-electron chi connectivity index (χ0n) is 18.8. The van der Waals surface area contributed by atoms with Gasteiger partial charge in [-0.25, -0.2) is 0 Å². The van der Waals surface area contributed by atoms with Gasteiger partial charge in [-0.2, -0.15) is 0 Å². The van der Waals surface area contributed by atoms with Gasteiger partial charge >= 0.3 is 0 Å². The fourth-order valence-electron chi connectivity index (χ4n) is 4.15. The summed E-state index contributed by atoms with van der Waals surface area (Å²) in [4.78, 5) is 15.8. The lowest BCUT2D eigenvalue weighted by Gasteiger charge is -2.17. The number of hydrogen-bond acceptors (Lipinski definition) is 4. The number of aromatic nitrogens is 1. The molecular weight excluding hydrogens is 400 g/mol. The lowest BCUT2D eigenvalue weighted by molar-refractivity contribution is -0.114. The van der Waals surface area contributed by atoms with E-state index in [-0.39, 0.29) is 12.0 Å². The molecule has 0 atom stereocenters. The first-order valence-corrected chi connectivity index (χ1v) is 11.3. The van der Waals surface area contributed by atoms with Gasteiger partial charge in [0.05, 0.1) is 18.9 Å². The van der Waals surface area contributed by atoms with E-state index in [1.54, 1.807) is 7.11 Å². The summed E-state index contributed by atoms with van der Waals surface area (Å²) in [5, 5.41) is 2.80. The Hall–Kier alpha value is -3.34. The average Bonchev–Trinajstić information content (AvgIpc) is 3.31. The van der Waals surface area contributed by atoms with Crippen molar-refractivity contribution in [1.82, 2.24) is 4.98 Å². The molecule has 4 rings (SSSR count). The molecule has 5 heteroatoms. The highest BCUT2D eigenvalue weighted by Gasteiger charge is 2.19. The number of aryl methyl sites for hydroxylation is 2. The van der Waals surface area contributed by atoms with Crippen LogP contribution in [-0.2, 0) is 17.6 Å². The van der Waals surface area contributed by atoms with Crippen LogP contribution in [0.2, 0.25) is 0 Å². The number of carbonyl (C=O) groups is 1. The highest BCUT2D eigenvalue weighted by Crippen LogP contribution is 2.35. The Morgan fingerprint density at radius 1 is 0.969 bits per heavy atom. The van der Waals surface area contributed by atoms with Gasteiger partial charge in [0.2, 0.25) is 5.91 Å². The molecule has 0 spiro atoms. The minimum Gasteiger partial charge on any atom is -0.493 e. The van der Waals surface area contributed by atoms with Crippen LogP contribution in [0.5, 0.6) is 11.5 Å². The summed E-state index contributed by atoms with van der Waals surface area (Å²) in [7, 11) is 1.68. The molecule has 0 aliphatic heterocycles. The molecule has 2 aromatic carbocycles. The summed E-state index contributed by atoms with van der Waals surface area (Å²) < 4.78 is 11.8. The van der Waals surface area contributed by atoms with Gasteiger partial charge in [-0.3, -0.25) is 9.78 Å². The maximum absolute atomic E-state index is 11.2. The van der Waals surface area contributed by atoms with Crippen molar-refractivity contribution in [3.8, 4) is 22.8 Å². The zero-order chi connectivity index (χ0) is 22.3. The number of nitrogens with one attached hydrogen (secondary N) is 1. The lowest BCUT2D eigenvalue weighted by atomic mass is 10.0. The molecule has 1 heterocycles. The summed E-state index contributed by atoms with van der Waals surface area (Å²) in [5.41, 5.74) is 5.24. The molecule has 32 heavy (non-hydrogen) atoms. The molecule has 1 saturated carbocycles. The standard InChI is InChI=1S/C27H30N2O3/c1-19(30)29-23-12-9-20(10-13-23)7-8-21-15-16-28-25(17-21)22-11-14-26(31-2)27(18-22)32-24-5-3-4-6-24/h9-18,24H,3-8H2,1-2H3,(H,29,30). The van der Waals surface area contributed by atoms with Crippen molar-refractivity contribution < 1.29 is 14.3 Å². The van der Waals surface area contributed by atoms with Crippen molar-refractivity contribution in [2.45, 2.75) is 51.6 Å². The van der Waals surface area contributed by atoms with Crippen molar-refractivity contribution >= 4 is 11.6 Å². The van der Waals surface area contributed by atoms with E-state index >= 15 is 0 Å². The maximum atomic E-state index is 11.2. The van der Waals surface area contributed by atoms with E-state index in [0.29, 0.717) is 0 Å². The van der Waals surface area contributed by atoms with Gasteiger partial charge in [0, 0.05) is 24.4 Å². The van der Waals surface area contributed by atoms with Crippen molar-refractivity contribution in [1.29, 1.82) is 0 Å². The van der Waals surface area contributed by atoms with Crippen molar-refractivity contribution in [2.75, 3.05) is 12.4 Å². The predicted molar refractivity (Wildman–Crippen MR) is 127 cm³/mol. The van der Waals surface area contributed by atoms with Crippen LogP contribution in [0.3, 0.4) is 0 Å². The normalized spacial score (nSPS) is 13.7. The molecule has 1 amide bonds. The number of rotatable bonds is 8. The lowest BCUT2D eigenvalue weighted by Crippen LogP contribution is -2.11. The van der Waals surface area contributed by atoms with Crippen molar-refractivity contribution in [3.63, 3.8) is 0 Å². The molecule has 166 valence electrons. The predicted octanol–water partition coefficient (Wildman–Crippen LogP) is 5.82. The van der Waals surface area contributed by atoms with Crippen LogP contribution in [-0.4, -0.2) is 24.1 Å². The Balaban J connectivity index is 1.45. The van der Waals surface area contributed by atoms with Gasteiger partial charge in [0.15, 0.2) is 11.5 Å². The van der Waals surface area contributed by atoms with E-state index in [1.807, 2.05) is 36.5 Å². The van der Waals surface area contributed by atoms with Crippen LogP contribution in [0.1, 0.15) is 43.7 Å². The number of methoxy groups -OCH3 is 1. The number of pyridine rings is 1. The Bertz CT molecular complexity index is 1060. The molecule has 0 radical (unpaired) electrons. The molecular formula is C27H30N2O3. The smallest absolute Gasteiger partial charge is 0.221 e. The SMILES string of the molecule is COc1ccc(-c2cc(CCc3ccc(NC(C)=O)cc3)ccn2)cc1OC1CCCC1. The topological polar surface area (TPSA) is 60.5 Å². The average molecular weight is 431 g/mol. The van der Waals surface area contributed by atoms with E-state index in [9.17, 15) is 4.79 Å². The monoisotopic (exact) mass is 430 g/mol. The molecule has 1 N–H and O–H groups in total. The first kappa shape index (κ1) is 21.9. The Labute approximate surface area is 189 Å². The number of hydrogen-bond donors (Lipinski definition) is 1. The minimum atomic E-state index is -0.0580. The Morgan fingerprint density at radius 2 is 1.72 bits per heavy atom. The van der Waals surface area contributed by atoms with Gasteiger partial charge < -0.3 is 14.8 Å². The second-order valence-corrected chi connectivity index (χ2v) is 8.32. The van der Waals surface area contributed by atoms with Crippen LogP contribution in [0.15, 0.2) is 60.8 Å². The summed E-state index contributed by atoms with van der Waals surface area (Å²) in [6.07, 6.45) is 8.64. The number of carbonyl (C=O) groups excluding carboxylic acids is 1. The first-order valence-electron chi connectivity index (χ1n) is 11.3. The second kappa shape index (κ2) is 10.3. The second-order valence-electron chi connectivity index (χ2n) is 8.32. The highest BCUT2D eigenvalue weighted by molar-refractivity contribution is 5.88. The van der Waals surface area contributed by atoms with Gasteiger partial charge in [-0.1, -0.05) is 12.1 Å². The molecule has 3 aromatic rings. The largest absolute Gasteiger partial charge is 0.493 e. The third kappa shape index (κ3) is 5.67. The number of nitrogens with zero attached hydrogens (tertiary/aromatic N) is 1. The van der Waals surface area contributed by atoms with Crippen LogP contribution in [0.25, 0.3) is 11.3 Å². The van der Waals surface area contributed by atoms with Gasteiger partial charge in [-0.15, -0.1) is 0 Å². The van der Waals surface area contributed by atoms with Crippen molar-refractivity contribution in [3.05, 3.63) is 71.9 Å². The third-order valence-corrected chi connectivity index (χ3v) is 5.86. The van der Waals surface area contributed by atoms with E-state index < -0.39 is 0 Å². The summed E-state index contributed by atoms with van der Waals surface area (Å²) in [6, 6.07) is 18.3. The molecule has 1 aliphatic rings. The minimum absolute atomic E-state index is 0.0580. The summed E-state index contributed by atoms with van der Waals surface area (Å²) in [5.74, 6) is 1.50. The Kier molecular flexibility index (Phi) is 7.05. The van der Waals surface area contributed by atoms with Gasteiger partial charge in [-0.05, 0) is 92.1 Å². The molecule has 0 unspecified atom stereocenters. The molecule has 1 aromatic heterocycles. The Morgan fingerprint density at radius 3 is 2.44 bits per heavy atom. The molecule has 0 saturated heterocycles. The number of anilines is 1. The third-order valence-electron chi connectivity index (χ3n) is 5.86.